The van der Waals surface area contributed by atoms with E-state index in [9.17, 15) is 27.2 Å². The van der Waals surface area contributed by atoms with Gasteiger partial charge in [0.15, 0.2) is 11.6 Å². The highest BCUT2D eigenvalue weighted by molar-refractivity contribution is 7.90. The van der Waals surface area contributed by atoms with E-state index >= 15 is 0 Å². The van der Waals surface area contributed by atoms with Crippen LogP contribution in [-0.4, -0.2) is 70.9 Å². The number of sulfonamides is 1. The zero-order valence-corrected chi connectivity index (χ0v) is 36.7. The van der Waals surface area contributed by atoms with Crippen molar-refractivity contribution in [2.75, 3.05) is 6.54 Å². The van der Waals surface area contributed by atoms with Gasteiger partial charge in [-0.05, 0) is 98.9 Å². The van der Waals surface area contributed by atoms with Gasteiger partial charge >= 0.3 is 0 Å². The molecule has 0 unspecified atom stereocenters. The Bertz CT molecular complexity index is 2640. The third-order valence-electron chi connectivity index (χ3n) is 12.1. The van der Waals surface area contributed by atoms with Crippen LogP contribution < -0.4 is 14.2 Å². The summed E-state index contributed by atoms with van der Waals surface area (Å²) in [6, 6.07) is 20.6. The molecule has 3 fully saturated rings. The normalized spacial score (nSPS) is 22.0. The number of likely N-dealkylation sites (tertiary alicyclic amines) is 1. The first-order chi connectivity index (χ1) is 29.0. The third-order valence-corrected chi connectivity index (χ3v) is 15.1. The van der Waals surface area contributed by atoms with Gasteiger partial charge in [-0.2, -0.15) is 4.98 Å². The molecule has 14 heteroatoms. The molecule has 3 aliphatic rings. The molecule has 2 saturated carbocycles. The largest absolute Gasteiger partial charge is 0.491 e. The van der Waals surface area contributed by atoms with E-state index in [0.29, 0.717) is 41.4 Å². The Morgan fingerprint density at radius 2 is 1.79 bits per heavy atom. The molecular weight excluding hydrogens is 816 g/mol. The standard InChI is InChI=1S/C47H51FN4O7S2/c1-7-30-24-47(30,45(55)51-61(56,57)34-19-20-34)25-38(53)37-23-33(26-52(37)44(54)36(46(4,5)6)22-28-11-10-12-31(48)21-28)59-43-41-40(35-13-8-9-14-39(35)60-41)49-42(50-43)29-15-17-32(18-16-29)58-27(2)3/h7-18,21,27,30,33-34,36-37H,1,19-20,22-26H2,2-6H3,(H,51,55)/t30-,33-,36-,37+,47-/m1/s1. The third kappa shape index (κ3) is 8.79. The number of ether oxygens (including phenoxy) is 2. The van der Waals surface area contributed by atoms with Crippen molar-refractivity contribution in [3.63, 3.8) is 0 Å². The molecule has 5 atom stereocenters. The first-order valence-electron chi connectivity index (χ1n) is 20.8. The van der Waals surface area contributed by atoms with E-state index in [4.69, 9.17) is 19.4 Å². The Labute approximate surface area is 359 Å². The molecule has 1 saturated heterocycles. The number of Topliss-reactive ketones (excluding diaryl/α,β-unsaturated/α-hetero) is 1. The van der Waals surface area contributed by atoms with Crippen LogP contribution in [0.4, 0.5) is 4.39 Å². The summed E-state index contributed by atoms with van der Waals surface area (Å²) in [7, 11) is -3.88. The minimum Gasteiger partial charge on any atom is -0.491 e. The second-order valence-corrected chi connectivity index (χ2v) is 21.1. The molecule has 2 amide bonds. The number of nitrogens with zero attached hydrogens (tertiary/aromatic N) is 3. The van der Waals surface area contributed by atoms with Crippen molar-refractivity contribution in [2.45, 2.75) is 96.6 Å². The maximum atomic E-state index is 15.0. The fraction of sp³-hybridized carbons (Fsp3) is 0.426. The van der Waals surface area contributed by atoms with Crippen LogP contribution in [0.25, 0.3) is 31.7 Å². The van der Waals surface area contributed by atoms with Gasteiger partial charge in [-0.25, -0.2) is 17.8 Å². The van der Waals surface area contributed by atoms with Crippen molar-refractivity contribution in [1.82, 2.24) is 19.6 Å². The van der Waals surface area contributed by atoms with Crippen molar-refractivity contribution in [3.8, 4) is 23.0 Å². The number of halogens is 1. The quantitative estimate of drug-likeness (QED) is 0.103. The molecule has 3 heterocycles. The first-order valence-corrected chi connectivity index (χ1v) is 23.2. The number of carbonyl (C=O) groups excluding carboxylic acids is 3. The fourth-order valence-electron chi connectivity index (χ4n) is 8.49. The minimum atomic E-state index is -3.88. The van der Waals surface area contributed by atoms with Gasteiger partial charge in [-0.15, -0.1) is 17.9 Å². The number of carbonyl (C=O) groups is 3. The Morgan fingerprint density at radius 1 is 1.05 bits per heavy atom. The molecule has 1 N–H and O–H groups in total. The van der Waals surface area contributed by atoms with Gasteiger partial charge in [0, 0.05) is 34.4 Å². The number of ketones is 1. The number of amides is 2. The topological polar surface area (TPSA) is 145 Å². The number of aromatic nitrogens is 2. The van der Waals surface area contributed by atoms with E-state index in [0.717, 1.165) is 20.3 Å². The van der Waals surface area contributed by atoms with Gasteiger partial charge < -0.3 is 14.4 Å². The number of rotatable bonds is 15. The van der Waals surface area contributed by atoms with Crippen LogP contribution in [0.2, 0.25) is 0 Å². The van der Waals surface area contributed by atoms with Gasteiger partial charge in [-0.3, -0.25) is 19.1 Å². The van der Waals surface area contributed by atoms with Crippen molar-refractivity contribution < 1.29 is 36.7 Å². The molecule has 5 aromatic rings. The lowest BCUT2D eigenvalue weighted by molar-refractivity contribution is -0.144. The molecule has 2 aliphatic carbocycles. The molecule has 320 valence electrons. The number of hydrogen-bond acceptors (Lipinski definition) is 10. The van der Waals surface area contributed by atoms with Crippen molar-refractivity contribution >= 4 is 59.3 Å². The Hall–Kier alpha value is -5.21. The van der Waals surface area contributed by atoms with Crippen LogP contribution in [0, 0.1) is 28.5 Å². The first kappa shape index (κ1) is 42.5. The SMILES string of the molecule is C=C[C@@H]1C[C@]1(CC(=O)[C@@H]1C[C@@H](Oc2nc(-c3ccc(OC(C)C)cc3)nc3c2sc2ccccc23)CN1C(=O)[C@@H](Cc1cccc(F)c1)C(C)(C)C)C(=O)NS(=O)(=O)C1CC1. The molecule has 1 aliphatic heterocycles. The van der Waals surface area contributed by atoms with Gasteiger partial charge in [0.2, 0.25) is 27.7 Å². The van der Waals surface area contributed by atoms with Crippen LogP contribution in [0.15, 0.2) is 85.5 Å². The summed E-state index contributed by atoms with van der Waals surface area (Å²) < 4.78 is 56.8. The lowest BCUT2D eigenvalue weighted by Gasteiger charge is -2.35. The lowest BCUT2D eigenvalue weighted by atomic mass is 9.76. The van der Waals surface area contributed by atoms with E-state index < -0.39 is 61.8 Å². The number of thiophene rings is 1. The number of hydrogen-bond donors (Lipinski definition) is 1. The minimum absolute atomic E-state index is 0.00283. The Kier molecular flexibility index (Phi) is 11.3. The molecule has 3 aromatic carbocycles. The zero-order valence-electron chi connectivity index (χ0n) is 35.0. The fourth-order valence-corrected chi connectivity index (χ4v) is 11.0. The van der Waals surface area contributed by atoms with Crippen LogP contribution in [0.5, 0.6) is 11.6 Å². The molecule has 0 radical (unpaired) electrons. The van der Waals surface area contributed by atoms with Gasteiger partial charge in [0.25, 0.3) is 0 Å². The average molecular weight is 867 g/mol. The molecule has 2 aromatic heterocycles. The van der Waals surface area contributed by atoms with Crippen LogP contribution in [0.3, 0.4) is 0 Å². The lowest BCUT2D eigenvalue weighted by Crippen LogP contribution is -2.48. The smallest absolute Gasteiger partial charge is 0.240 e. The number of allylic oxidation sites excluding steroid dienone is 1. The maximum Gasteiger partial charge on any atom is 0.240 e. The molecule has 8 rings (SSSR count). The molecule has 0 spiro atoms. The Morgan fingerprint density at radius 3 is 2.44 bits per heavy atom. The Balaban J connectivity index is 1.15. The van der Waals surface area contributed by atoms with Crippen molar-refractivity contribution in [2.24, 2.45) is 22.7 Å². The summed E-state index contributed by atoms with van der Waals surface area (Å²) in [6.45, 7) is 13.6. The molecule has 11 nitrogen and oxygen atoms in total. The monoisotopic (exact) mass is 866 g/mol. The van der Waals surface area contributed by atoms with Crippen molar-refractivity contribution in [1.29, 1.82) is 0 Å². The van der Waals surface area contributed by atoms with Gasteiger partial charge in [0.05, 0.1) is 34.9 Å². The molecular formula is C47H51FN4O7S2. The van der Waals surface area contributed by atoms with E-state index in [1.807, 2.05) is 83.1 Å². The van der Waals surface area contributed by atoms with E-state index in [-0.39, 0.29) is 50.0 Å². The zero-order chi connectivity index (χ0) is 43.4. The second-order valence-electron chi connectivity index (χ2n) is 18.1. The summed E-state index contributed by atoms with van der Waals surface area (Å²) in [5.41, 5.74) is 0.196. The van der Waals surface area contributed by atoms with Crippen LogP contribution in [-0.2, 0) is 30.8 Å². The number of fused-ring (bicyclic) bond motifs is 3. The highest BCUT2D eigenvalue weighted by Gasteiger charge is 2.61. The highest BCUT2D eigenvalue weighted by Crippen LogP contribution is 2.57. The van der Waals surface area contributed by atoms with E-state index in [2.05, 4.69) is 11.3 Å². The summed E-state index contributed by atoms with van der Waals surface area (Å²) in [5, 5.41) is 0.317. The highest BCUT2D eigenvalue weighted by atomic mass is 32.2. The summed E-state index contributed by atoms with van der Waals surface area (Å²) in [4.78, 5) is 55.0. The van der Waals surface area contributed by atoms with Gasteiger partial charge in [-0.1, -0.05) is 57.2 Å². The maximum absolute atomic E-state index is 15.0. The number of nitrogens with one attached hydrogen (secondary N) is 1. The number of benzene rings is 3. The second kappa shape index (κ2) is 16.2. The van der Waals surface area contributed by atoms with E-state index in [1.54, 1.807) is 23.1 Å². The van der Waals surface area contributed by atoms with E-state index in [1.165, 1.54) is 23.5 Å². The summed E-state index contributed by atoms with van der Waals surface area (Å²) in [6.07, 6.45) is 2.16. The predicted octanol–water partition coefficient (Wildman–Crippen LogP) is 8.45. The predicted molar refractivity (Wildman–Crippen MR) is 234 cm³/mol. The van der Waals surface area contributed by atoms with Crippen molar-refractivity contribution in [3.05, 3.63) is 96.8 Å². The van der Waals surface area contributed by atoms with Crippen LogP contribution in [0.1, 0.15) is 72.3 Å². The average Bonchev–Trinajstić information content (AvgIpc) is 4.11. The summed E-state index contributed by atoms with van der Waals surface area (Å²) >= 11 is 1.49. The summed E-state index contributed by atoms with van der Waals surface area (Å²) in [5.74, 6) is -1.41. The molecule has 0 bridgehead atoms. The van der Waals surface area contributed by atoms with Crippen LogP contribution >= 0.6 is 11.3 Å². The van der Waals surface area contributed by atoms with Gasteiger partial charge in [0.1, 0.15) is 22.4 Å². The molecule has 61 heavy (non-hydrogen) atoms.